The van der Waals surface area contributed by atoms with Gasteiger partial charge in [0.05, 0.1) is 31.4 Å². The van der Waals surface area contributed by atoms with Crippen molar-refractivity contribution in [2.45, 2.75) is 32.7 Å². The summed E-state index contributed by atoms with van der Waals surface area (Å²) in [4.78, 5) is 7.23. The first-order chi connectivity index (χ1) is 13.2. The van der Waals surface area contributed by atoms with Gasteiger partial charge in [-0.2, -0.15) is 0 Å². The fraction of sp³-hybridized carbons (Fsp3) is 0.650. The number of nitrogens with zero attached hydrogens (tertiary/aromatic N) is 2. The van der Waals surface area contributed by atoms with Crippen molar-refractivity contribution in [2.24, 2.45) is 10.4 Å². The van der Waals surface area contributed by atoms with Crippen molar-refractivity contribution in [1.82, 2.24) is 10.2 Å². The Morgan fingerprint density at radius 3 is 2.96 bits per heavy atom. The van der Waals surface area contributed by atoms with Crippen LogP contribution in [0.15, 0.2) is 17.1 Å². The maximum atomic E-state index is 6.41. The van der Waals surface area contributed by atoms with Gasteiger partial charge in [-0.05, 0) is 37.5 Å². The molecular formula is C20H28ClN3O3. The molecule has 1 aromatic rings. The monoisotopic (exact) mass is 393 g/mol. The topological polar surface area (TPSA) is 55.3 Å². The van der Waals surface area contributed by atoms with Crippen LogP contribution in [0.1, 0.15) is 31.7 Å². The van der Waals surface area contributed by atoms with E-state index in [1.54, 1.807) is 0 Å². The number of ether oxygens (including phenoxy) is 3. The molecule has 0 saturated carbocycles. The number of guanidine groups is 1. The van der Waals surface area contributed by atoms with E-state index in [4.69, 9.17) is 30.8 Å². The van der Waals surface area contributed by atoms with Crippen LogP contribution in [0.3, 0.4) is 0 Å². The zero-order chi connectivity index (χ0) is 18.7. The van der Waals surface area contributed by atoms with Gasteiger partial charge in [0.2, 0.25) is 0 Å². The van der Waals surface area contributed by atoms with Crippen molar-refractivity contribution >= 4 is 17.6 Å². The molecule has 2 fully saturated rings. The zero-order valence-corrected chi connectivity index (χ0v) is 16.7. The Morgan fingerprint density at radius 1 is 1.26 bits per heavy atom. The summed E-state index contributed by atoms with van der Waals surface area (Å²) in [5, 5.41) is 4.02. The second-order valence-corrected chi connectivity index (χ2v) is 8.01. The number of likely N-dealkylation sites (tertiary alicyclic amines) is 1. The fourth-order valence-electron chi connectivity index (χ4n) is 4.05. The van der Waals surface area contributed by atoms with Crippen molar-refractivity contribution in [3.63, 3.8) is 0 Å². The lowest BCUT2D eigenvalue weighted by Gasteiger charge is -2.25. The first-order valence-corrected chi connectivity index (χ1v) is 10.3. The van der Waals surface area contributed by atoms with Crippen LogP contribution in [0.25, 0.3) is 0 Å². The lowest BCUT2D eigenvalue weighted by molar-refractivity contribution is 0.156. The van der Waals surface area contributed by atoms with E-state index in [9.17, 15) is 0 Å². The molecule has 7 heteroatoms. The average Bonchev–Trinajstić information content (AvgIpc) is 3.22. The summed E-state index contributed by atoms with van der Waals surface area (Å²) in [5.41, 5.74) is 1.34. The third-order valence-corrected chi connectivity index (χ3v) is 5.81. The van der Waals surface area contributed by atoms with Crippen LogP contribution in [-0.4, -0.2) is 56.9 Å². The minimum atomic E-state index is 0.314. The molecule has 0 radical (unpaired) electrons. The number of halogens is 1. The number of rotatable bonds is 3. The van der Waals surface area contributed by atoms with E-state index in [2.05, 4.69) is 17.1 Å². The molecule has 3 aliphatic rings. The van der Waals surface area contributed by atoms with E-state index in [1.165, 1.54) is 6.42 Å². The van der Waals surface area contributed by atoms with Crippen molar-refractivity contribution in [1.29, 1.82) is 0 Å². The van der Waals surface area contributed by atoms with Gasteiger partial charge < -0.3 is 24.4 Å². The number of benzene rings is 1. The molecule has 0 aromatic heterocycles. The smallest absolute Gasteiger partial charge is 0.194 e. The van der Waals surface area contributed by atoms with E-state index < -0.39 is 0 Å². The molecule has 3 aliphatic heterocycles. The number of nitrogens with one attached hydrogen (secondary N) is 1. The van der Waals surface area contributed by atoms with Crippen LogP contribution in [0.2, 0.25) is 5.02 Å². The highest BCUT2D eigenvalue weighted by atomic mass is 35.5. The van der Waals surface area contributed by atoms with Gasteiger partial charge in [0, 0.05) is 38.1 Å². The van der Waals surface area contributed by atoms with Crippen molar-refractivity contribution < 1.29 is 14.2 Å². The minimum absolute atomic E-state index is 0.314. The summed E-state index contributed by atoms with van der Waals surface area (Å²) >= 11 is 6.41. The Balaban J connectivity index is 1.49. The molecule has 1 aromatic carbocycles. The summed E-state index contributed by atoms with van der Waals surface area (Å²) in [6, 6.07) is 3.92. The van der Waals surface area contributed by atoms with Crippen LogP contribution < -0.4 is 14.8 Å². The van der Waals surface area contributed by atoms with Crippen LogP contribution >= 0.6 is 11.6 Å². The quantitative estimate of drug-likeness (QED) is 0.631. The normalized spacial score (nSPS) is 25.1. The predicted octanol–water partition coefficient (Wildman–Crippen LogP) is 3.08. The van der Waals surface area contributed by atoms with E-state index in [1.807, 2.05) is 12.1 Å². The van der Waals surface area contributed by atoms with Crippen molar-refractivity contribution in [3.05, 3.63) is 22.7 Å². The minimum Gasteiger partial charge on any atom is -0.489 e. The van der Waals surface area contributed by atoms with Gasteiger partial charge >= 0.3 is 0 Å². The molecule has 4 rings (SSSR count). The Hall–Kier alpha value is -1.66. The average molecular weight is 394 g/mol. The summed E-state index contributed by atoms with van der Waals surface area (Å²) in [6.07, 6.45) is 3.19. The van der Waals surface area contributed by atoms with Gasteiger partial charge in [-0.25, -0.2) is 4.99 Å². The molecule has 0 amide bonds. The number of hydrogen-bond acceptors (Lipinski definition) is 4. The highest BCUT2D eigenvalue weighted by Gasteiger charge is 2.42. The van der Waals surface area contributed by atoms with Gasteiger partial charge in [-0.3, -0.25) is 0 Å². The SMILES string of the molecule is CCNC(=NCc1cc(Cl)c2c(c1)OCCCO2)N1CCC2(CCOC2)C1. The lowest BCUT2D eigenvalue weighted by Crippen LogP contribution is -2.41. The Labute approximate surface area is 165 Å². The van der Waals surface area contributed by atoms with Gasteiger partial charge in [0.25, 0.3) is 0 Å². The maximum Gasteiger partial charge on any atom is 0.194 e. The van der Waals surface area contributed by atoms with Crippen molar-refractivity contribution in [3.8, 4) is 11.5 Å². The second kappa shape index (κ2) is 8.15. The van der Waals surface area contributed by atoms with Crippen LogP contribution in [0.4, 0.5) is 0 Å². The Morgan fingerprint density at radius 2 is 2.15 bits per heavy atom. The molecule has 2 saturated heterocycles. The molecule has 1 N–H and O–H groups in total. The van der Waals surface area contributed by atoms with E-state index in [0.29, 0.717) is 35.9 Å². The standard InChI is InChI=1S/C20H28ClN3O3/c1-2-22-19(24-6-4-20(13-24)5-9-25-14-20)23-12-15-10-16(21)18-17(11-15)26-7-3-8-27-18/h10-11H,2-9,12-14H2,1H3,(H,22,23). The molecular weight excluding hydrogens is 366 g/mol. The molecule has 1 atom stereocenters. The fourth-order valence-corrected chi connectivity index (χ4v) is 4.34. The number of aliphatic imine (C=N–C) groups is 1. The lowest BCUT2D eigenvalue weighted by atomic mass is 9.87. The summed E-state index contributed by atoms with van der Waals surface area (Å²) in [5.74, 6) is 2.33. The van der Waals surface area contributed by atoms with Crippen molar-refractivity contribution in [2.75, 3.05) is 46.1 Å². The maximum absolute atomic E-state index is 6.41. The van der Waals surface area contributed by atoms with Crippen LogP contribution in [0, 0.1) is 5.41 Å². The predicted molar refractivity (Wildman–Crippen MR) is 106 cm³/mol. The summed E-state index contributed by atoms with van der Waals surface area (Å²) < 4.78 is 17.1. The number of fused-ring (bicyclic) bond motifs is 1. The number of hydrogen-bond donors (Lipinski definition) is 1. The second-order valence-electron chi connectivity index (χ2n) is 7.60. The first kappa shape index (κ1) is 18.7. The molecule has 0 aliphatic carbocycles. The van der Waals surface area contributed by atoms with Crippen LogP contribution in [0.5, 0.6) is 11.5 Å². The van der Waals surface area contributed by atoms with Gasteiger partial charge in [-0.15, -0.1) is 0 Å². The molecule has 3 heterocycles. The highest BCUT2D eigenvalue weighted by Crippen LogP contribution is 2.39. The summed E-state index contributed by atoms with van der Waals surface area (Å²) in [7, 11) is 0. The highest BCUT2D eigenvalue weighted by molar-refractivity contribution is 6.32. The van der Waals surface area contributed by atoms with Crippen LogP contribution in [-0.2, 0) is 11.3 Å². The third kappa shape index (κ3) is 4.11. The van der Waals surface area contributed by atoms with Gasteiger partial charge in [0.1, 0.15) is 0 Å². The molecule has 0 bridgehead atoms. The molecule has 148 valence electrons. The van der Waals surface area contributed by atoms with E-state index in [0.717, 1.165) is 63.0 Å². The first-order valence-electron chi connectivity index (χ1n) is 9.88. The molecule has 6 nitrogen and oxygen atoms in total. The Kier molecular flexibility index (Phi) is 5.64. The largest absolute Gasteiger partial charge is 0.489 e. The Bertz CT molecular complexity index is 704. The summed E-state index contributed by atoms with van der Waals surface area (Å²) in [6.45, 7) is 8.59. The molecule has 1 spiro atoms. The van der Waals surface area contributed by atoms with E-state index in [-0.39, 0.29) is 0 Å². The van der Waals surface area contributed by atoms with Gasteiger partial charge in [0.15, 0.2) is 17.5 Å². The molecule has 27 heavy (non-hydrogen) atoms. The molecule has 1 unspecified atom stereocenters. The zero-order valence-electron chi connectivity index (χ0n) is 15.9. The van der Waals surface area contributed by atoms with E-state index >= 15 is 0 Å². The van der Waals surface area contributed by atoms with Gasteiger partial charge in [-0.1, -0.05) is 11.6 Å². The third-order valence-electron chi connectivity index (χ3n) is 5.53.